The van der Waals surface area contributed by atoms with E-state index in [9.17, 15) is 5.11 Å². The Morgan fingerprint density at radius 1 is 1.39 bits per heavy atom. The highest BCUT2D eigenvalue weighted by molar-refractivity contribution is 5.85. The summed E-state index contributed by atoms with van der Waals surface area (Å²) in [7, 11) is 0. The molecular weight excluding hydrogens is 226 g/mol. The Morgan fingerprint density at radius 2 is 2.22 bits per heavy atom. The molecule has 0 atom stereocenters. The van der Waals surface area contributed by atoms with Gasteiger partial charge in [0.15, 0.2) is 0 Å². The molecule has 94 valence electrons. The molecule has 2 aromatic rings. The van der Waals surface area contributed by atoms with E-state index in [1.54, 1.807) is 6.20 Å². The van der Waals surface area contributed by atoms with Gasteiger partial charge in [0.25, 0.3) is 0 Å². The summed E-state index contributed by atoms with van der Waals surface area (Å²) in [5, 5.41) is 12.8. The Balaban J connectivity index is 1.96. The van der Waals surface area contributed by atoms with E-state index < -0.39 is 5.60 Å². The maximum Gasteiger partial charge on any atom is 0.0952 e. The van der Waals surface area contributed by atoms with E-state index in [4.69, 9.17) is 4.74 Å². The zero-order valence-electron chi connectivity index (χ0n) is 10.5. The van der Waals surface area contributed by atoms with Crippen LogP contribution in [0.1, 0.15) is 25.3 Å². The van der Waals surface area contributed by atoms with Crippen LogP contribution in [-0.4, -0.2) is 22.8 Å². The van der Waals surface area contributed by atoms with Crippen molar-refractivity contribution in [1.29, 1.82) is 0 Å². The number of hydrogen-bond acceptors (Lipinski definition) is 3. The van der Waals surface area contributed by atoms with Crippen molar-refractivity contribution in [2.75, 3.05) is 6.61 Å². The fraction of sp³-hybridized carbons (Fsp3) is 0.400. The molecule has 0 radical (unpaired) electrons. The average molecular weight is 243 g/mol. The number of ether oxygens (including phenoxy) is 1. The van der Waals surface area contributed by atoms with Crippen LogP contribution >= 0.6 is 0 Å². The average Bonchev–Trinajstić information content (AvgIpc) is 2.36. The molecule has 1 N–H and O–H groups in total. The number of rotatable bonds is 3. The van der Waals surface area contributed by atoms with E-state index >= 15 is 0 Å². The maximum absolute atomic E-state index is 10.7. The molecule has 1 fully saturated rings. The van der Waals surface area contributed by atoms with Crippen LogP contribution in [0.25, 0.3) is 10.8 Å². The van der Waals surface area contributed by atoms with Gasteiger partial charge in [0.2, 0.25) is 0 Å². The lowest BCUT2D eigenvalue weighted by Gasteiger charge is -2.44. The zero-order valence-corrected chi connectivity index (χ0v) is 10.5. The molecular formula is C15H17NO2. The second-order valence-electron chi connectivity index (χ2n) is 4.92. The first-order chi connectivity index (χ1) is 8.73. The van der Waals surface area contributed by atoms with Gasteiger partial charge in [-0.05, 0) is 23.9 Å². The highest BCUT2D eigenvalue weighted by atomic mass is 16.5. The van der Waals surface area contributed by atoms with E-state index in [0.29, 0.717) is 19.4 Å². The molecule has 1 aliphatic carbocycles. The third kappa shape index (κ3) is 1.80. The first-order valence-corrected chi connectivity index (χ1v) is 6.40. The molecule has 1 saturated carbocycles. The van der Waals surface area contributed by atoms with Gasteiger partial charge in [0.05, 0.1) is 11.7 Å². The monoisotopic (exact) mass is 243 g/mol. The third-order valence-electron chi connectivity index (χ3n) is 3.72. The summed E-state index contributed by atoms with van der Waals surface area (Å²) in [5.74, 6) is 0. The van der Waals surface area contributed by atoms with Gasteiger partial charge in [-0.1, -0.05) is 18.2 Å². The lowest BCUT2D eigenvalue weighted by Crippen LogP contribution is -2.46. The van der Waals surface area contributed by atoms with Crippen molar-refractivity contribution < 1.29 is 9.84 Å². The predicted molar refractivity (Wildman–Crippen MR) is 70.3 cm³/mol. The predicted octanol–water partition coefficient (Wildman–Crippen LogP) is 2.62. The van der Waals surface area contributed by atoms with Crippen molar-refractivity contribution in [3.05, 3.63) is 42.2 Å². The Morgan fingerprint density at radius 3 is 3.00 bits per heavy atom. The van der Waals surface area contributed by atoms with Gasteiger partial charge in [-0.25, -0.2) is 0 Å². The molecule has 0 saturated heterocycles. The minimum absolute atomic E-state index is 0.187. The molecule has 0 bridgehead atoms. The van der Waals surface area contributed by atoms with Gasteiger partial charge in [-0.15, -0.1) is 0 Å². The van der Waals surface area contributed by atoms with E-state index in [-0.39, 0.29) is 6.10 Å². The fourth-order valence-electron chi connectivity index (χ4n) is 2.79. The Kier molecular flexibility index (Phi) is 2.80. The quantitative estimate of drug-likeness (QED) is 0.901. The van der Waals surface area contributed by atoms with Crippen molar-refractivity contribution in [1.82, 2.24) is 4.98 Å². The first kappa shape index (κ1) is 11.6. The van der Waals surface area contributed by atoms with Crippen LogP contribution in [0.4, 0.5) is 0 Å². The standard InChI is InChI=1S/C15H17NO2/c1-2-18-12-8-15(17,9-12)14-5-3-4-11-6-7-16-10-13(11)14/h3-7,10,12,17H,2,8-9H2,1H3. The highest BCUT2D eigenvalue weighted by Gasteiger charge is 2.45. The van der Waals surface area contributed by atoms with Crippen LogP contribution in [0.3, 0.4) is 0 Å². The maximum atomic E-state index is 10.7. The summed E-state index contributed by atoms with van der Waals surface area (Å²) < 4.78 is 5.53. The fourth-order valence-corrected chi connectivity index (χ4v) is 2.79. The summed E-state index contributed by atoms with van der Waals surface area (Å²) in [5.41, 5.74) is 0.228. The van der Waals surface area contributed by atoms with E-state index in [0.717, 1.165) is 16.3 Å². The van der Waals surface area contributed by atoms with Crippen molar-refractivity contribution in [2.45, 2.75) is 31.5 Å². The molecule has 0 amide bonds. The largest absolute Gasteiger partial charge is 0.385 e. The molecule has 1 aromatic carbocycles. The summed E-state index contributed by atoms with van der Waals surface area (Å²) in [6.07, 6.45) is 5.15. The van der Waals surface area contributed by atoms with Gasteiger partial charge in [-0.2, -0.15) is 0 Å². The Hall–Kier alpha value is -1.45. The van der Waals surface area contributed by atoms with Crippen LogP contribution in [-0.2, 0) is 10.3 Å². The minimum Gasteiger partial charge on any atom is -0.385 e. The summed E-state index contributed by atoms with van der Waals surface area (Å²) in [6.45, 7) is 2.69. The van der Waals surface area contributed by atoms with Crippen LogP contribution in [0.2, 0.25) is 0 Å². The molecule has 3 nitrogen and oxygen atoms in total. The summed E-state index contributed by atoms with van der Waals surface area (Å²) >= 11 is 0. The van der Waals surface area contributed by atoms with Gasteiger partial charge in [-0.3, -0.25) is 4.98 Å². The SMILES string of the molecule is CCOC1CC(O)(c2cccc3ccncc23)C1. The topological polar surface area (TPSA) is 42.4 Å². The number of pyridine rings is 1. The van der Waals surface area contributed by atoms with E-state index in [2.05, 4.69) is 4.98 Å². The van der Waals surface area contributed by atoms with Crippen LogP contribution < -0.4 is 0 Å². The second-order valence-corrected chi connectivity index (χ2v) is 4.92. The zero-order chi connectivity index (χ0) is 12.6. The van der Waals surface area contributed by atoms with Crippen LogP contribution in [0, 0.1) is 0 Å². The highest BCUT2D eigenvalue weighted by Crippen LogP contribution is 2.45. The van der Waals surface area contributed by atoms with Gasteiger partial charge in [0.1, 0.15) is 0 Å². The molecule has 18 heavy (non-hydrogen) atoms. The van der Waals surface area contributed by atoms with Crippen LogP contribution in [0.5, 0.6) is 0 Å². The number of hydrogen-bond donors (Lipinski definition) is 1. The molecule has 0 spiro atoms. The number of benzene rings is 1. The molecule has 1 aliphatic rings. The molecule has 3 heteroatoms. The van der Waals surface area contributed by atoms with Gasteiger partial charge < -0.3 is 9.84 Å². The normalized spacial score (nSPS) is 27.1. The third-order valence-corrected chi connectivity index (χ3v) is 3.72. The number of aliphatic hydroxyl groups is 1. The summed E-state index contributed by atoms with van der Waals surface area (Å²) in [4.78, 5) is 4.16. The minimum atomic E-state index is -0.748. The Labute approximate surface area is 106 Å². The smallest absolute Gasteiger partial charge is 0.0952 e. The van der Waals surface area contributed by atoms with E-state index in [1.165, 1.54) is 0 Å². The lowest BCUT2D eigenvalue weighted by atomic mass is 9.71. The number of fused-ring (bicyclic) bond motifs is 1. The second kappa shape index (κ2) is 4.34. The van der Waals surface area contributed by atoms with Gasteiger partial charge in [0, 0.05) is 37.2 Å². The van der Waals surface area contributed by atoms with E-state index in [1.807, 2.05) is 37.4 Å². The van der Waals surface area contributed by atoms with Crippen molar-refractivity contribution >= 4 is 10.8 Å². The number of aromatic nitrogens is 1. The van der Waals surface area contributed by atoms with Crippen LogP contribution in [0.15, 0.2) is 36.7 Å². The van der Waals surface area contributed by atoms with Crippen molar-refractivity contribution in [3.63, 3.8) is 0 Å². The molecule has 0 aliphatic heterocycles. The molecule has 1 aromatic heterocycles. The van der Waals surface area contributed by atoms with Gasteiger partial charge >= 0.3 is 0 Å². The molecule has 1 heterocycles. The summed E-state index contributed by atoms with van der Waals surface area (Å²) in [6, 6.07) is 8.00. The first-order valence-electron chi connectivity index (χ1n) is 6.40. The van der Waals surface area contributed by atoms with Crippen molar-refractivity contribution in [3.8, 4) is 0 Å². The molecule has 0 unspecified atom stereocenters. The number of nitrogens with zero attached hydrogens (tertiary/aromatic N) is 1. The van der Waals surface area contributed by atoms with Crippen molar-refractivity contribution in [2.24, 2.45) is 0 Å². The molecule has 3 rings (SSSR count). The lowest BCUT2D eigenvalue weighted by molar-refractivity contribution is -0.141. The Bertz CT molecular complexity index is 556.